The number of halogens is 2. The molecular weight excluding hydrogens is 421 g/mol. The monoisotopic (exact) mass is 443 g/mol. The molecular formula is C23H23Cl2N3O2. The van der Waals surface area contributed by atoms with Crippen molar-refractivity contribution >= 4 is 29.0 Å². The Morgan fingerprint density at radius 2 is 1.60 bits per heavy atom. The van der Waals surface area contributed by atoms with Crippen LogP contribution in [0.25, 0.3) is 11.4 Å². The summed E-state index contributed by atoms with van der Waals surface area (Å²) in [5.74, 6) is 0.631. The minimum absolute atomic E-state index is 0.0140. The predicted molar refractivity (Wildman–Crippen MR) is 119 cm³/mol. The molecule has 0 bridgehead atoms. The van der Waals surface area contributed by atoms with Gasteiger partial charge in [0.1, 0.15) is 6.54 Å². The molecule has 0 spiro atoms. The number of benzene rings is 2. The van der Waals surface area contributed by atoms with Crippen LogP contribution in [0.3, 0.4) is 0 Å². The molecule has 0 saturated heterocycles. The summed E-state index contributed by atoms with van der Waals surface area (Å²) in [5.41, 5.74) is 1.83. The summed E-state index contributed by atoms with van der Waals surface area (Å²) in [7, 11) is 0. The van der Waals surface area contributed by atoms with Gasteiger partial charge in [-0.1, -0.05) is 35.3 Å². The Labute approximate surface area is 185 Å². The summed E-state index contributed by atoms with van der Waals surface area (Å²) < 4.78 is 3.03. The van der Waals surface area contributed by atoms with Crippen LogP contribution in [0.4, 0.5) is 0 Å². The van der Waals surface area contributed by atoms with E-state index in [1.54, 1.807) is 16.7 Å². The number of aromatic nitrogens is 3. The maximum absolute atomic E-state index is 12.9. The first-order chi connectivity index (χ1) is 14.5. The number of hydrogen-bond acceptors (Lipinski definition) is 3. The van der Waals surface area contributed by atoms with Gasteiger partial charge in [-0.25, -0.2) is 9.48 Å². The quantitative estimate of drug-likeness (QED) is 0.419. The summed E-state index contributed by atoms with van der Waals surface area (Å²) >= 11 is 11.9. The molecule has 0 aliphatic heterocycles. The lowest BCUT2D eigenvalue weighted by atomic mass is 10.1. The number of Topliss-reactive ketones (excluding diaryl/α,β-unsaturated/α-hetero) is 1. The van der Waals surface area contributed by atoms with Crippen molar-refractivity contribution < 1.29 is 4.79 Å². The molecule has 0 unspecified atom stereocenters. The van der Waals surface area contributed by atoms with E-state index in [0.29, 0.717) is 17.3 Å². The van der Waals surface area contributed by atoms with Gasteiger partial charge in [0.25, 0.3) is 0 Å². The van der Waals surface area contributed by atoms with Crippen molar-refractivity contribution in [3.63, 3.8) is 0 Å². The van der Waals surface area contributed by atoms with E-state index < -0.39 is 0 Å². The number of ketones is 1. The molecule has 1 aliphatic carbocycles. The zero-order valence-corrected chi connectivity index (χ0v) is 18.1. The third kappa shape index (κ3) is 5.02. The van der Waals surface area contributed by atoms with E-state index in [0.717, 1.165) is 42.7 Å². The Bertz CT molecular complexity index is 1080. The first-order valence-corrected chi connectivity index (χ1v) is 11.0. The van der Waals surface area contributed by atoms with Crippen LogP contribution >= 0.6 is 23.2 Å². The molecule has 0 radical (unpaired) electrons. The Morgan fingerprint density at radius 1 is 0.967 bits per heavy atom. The van der Waals surface area contributed by atoms with Crippen molar-refractivity contribution in [3.05, 3.63) is 74.6 Å². The molecule has 1 heterocycles. The molecule has 1 fully saturated rings. The highest BCUT2D eigenvalue weighted by Gasteiger charge is 2.30. The molecule has 1 aromatic heterocycles. The van der Waals surface area contributed by atoms with Gasteiger partial charge in [0.15, 0.2) is 11.6 Å². The largest absolute Gasteiger partial charge is 0.346 e. The van der Waals surface area contributed by atoms with Crippen molar-refractivity contribution in [2.75, 3.05) is 0 Å². The van der Waals surface area contributed by atoms with Crippen LogP contribution < -0.4 is 5.69 Å². The second-order valence-corrected chi connectivity index (χ2v) is 8.62. The predicted octanol–water partition coefficient (Wildman–Crippen LogP) is 5.34. The number of nitrogens with zero attached hydrogens (tertiary/aromatic N) is 3. The Hall–Kier alpha value is -2.37. The fourth-order valence-corrected chi connectivity index (χ4v) is 3.78. The number of carbonyl (C=O) groups excluding carboxylic acids is 1. The van der Waals surface area contributed by atoms with Crippen molar-refractivity contribution in [2.24, 2.45) is 0 Å². The molecule has 1 saturated carbocycles. The SMILES string of the molecule is O=C(CCCCc1ccc(Cl)cc1)Cn1nc(-c2ccc(Cl)cc2)n(C2CC2)c1=O. The minimum Gasteiger partial charge on any atom is -0.298 e. The van der Waals surface area contributed by atoms with Crippen molar-refractivity contribution in [1.29, 1.82) is 0 Å². The number of hydrogen-bond donors (Lipinski definition) is 0. The molecule has 4 rings (SSSR count). The van der Waals surface area contributed by atoms with Crippen LogP contribution in [0.1, 0.15) is 43.7 Å². The minimum atomic E-state index is -0.211. The molecule has 3 aromatic rings. The van der Waals surface area contributed by atoms with E-state index in [1.165, 1.54) is 10.2 Å². The molecule has 156 valence electrons. The summed E-state index contributed by atoms with van der Waals surface area (Å²) in [6.45, 7) is 0.0140. The van der Waals surface area contributed by atoms with Gasteiger partial charge in [-0.3, -0.25) is 9.36 Å². The third-order valence-electron chi connectivity index (χ3n) is 5.30. The topological polar surface area (TPSA) is 56.9 Å². The zero-order valence-electron chi connectivity index (χ0n) is 16.6. The van der Waals surface area contributed by atoms with Crippen LogP contribution in [0.2, 0.25) is 10.0 Å². The van der Waals surface area contributed by atoms with Gasteiger partial charge in [0, 0.05) is 28.1 Å². The summed E-state index contributed by atoms with van der Waals surface area (Å²) in [4.78, 5) is 25.3. The van der Waals surface area contributed by atoms with Gasteiger partial charge >= 0.3 is 5.69 Å². The second-order valence-electron chi connectivity index (χ2n) is 7.74. The van der Waals surface area contributed by atoms with E-state index in [9.17, 15) is 9.59 Å². The molecule has 1 aliphatic rings. The van der Waals surface area contributed by atoms with Crippen LogP contribution in [-0.2, 0) is 17.8 Å². The number of rotatable bonds is 9. The fourth-order valence-electron chi connectivity index (χ4n) is 3.53. The molecule has 0 atom stereocenters. The van der Waals surface area contributed by atoms with E-state index in [-0.39, 0.29) is 24.1 Å². The lowest BCUT2D eigenvalue weighted by molar-refractivity contribution is -0.120. The highest BCUT2D eigenvalue weighted by Crippen LogP contribution is 2.36. The van der Waals surface area contributed by atoms with E-state index >= 15 is 0 Å². The normalized spacial score (nSPS) is 13.5. The Morgan fingerprint density at radius 3 is 2.23 bits per heavy atom. The number of unbranched alkanes of at least 4 members (excludes halogenated alkanes) is 1. The van der Waals surface area contributed by atoms with Gasteiger partial charge in [0.2, 0.25) is 0 Å². The first kappa shape index (κ1) is 20.9. The maximum atomic E-state index is 12.9. The van der Waals surface area contributed by atoms with Gasteiger partial charge < -0.3 is 0 Å². The lowest BCUT2D eigenvalue weighted by Gasteiger charge is -2.03. The van der Waals surface area contributed by atoms with Gasteiger partial charge in [-0.2, -0.15) is 0 Å². The average Bonchev–Trinajstić information content (AvgIpc) is 3.52. The van der Waals surface area contributed by atoms with Crippen LogP contribution in [0.15, 0.2) is 53.3 Å². The van der Waals surface area contributed by atoms with Crippen molar-refractivity contribution in [2.45, 2.75) is 51.1 Å². The summed E-state index contributed by atoms with van der Waals surface area (Å²) in [5, 5.41) is 5.84. The Kier molecular flexibility index (Phi) is 6.40. The fraction of sp³-hybridized carbons (Fsp3) is 0.348. The number of aryl methyl sites for hydroxylation is 1. The molecule has 30 heavy (non-hydrogen) atoms. The maximum Gasteiger partial charge on any atom is 0.346 e. The van der Waals surface area contributed by atoms with E-state index in [4.69, 9.17) is 23.2 Å². The highest BCUT2D eigenvalue weighted by atomic mass is 35.5. The van der Waals surface area contributed by atoms with Crippen LogP contribution in [0.5, 0.6) is 0 Å². The average molecular weight is 444 g/mol. The van der Waals surface area contributed by atoms with Crippen molar-refractivity contribution in [1.82, 2.24) is 14.3 Å². The van der Waals surface area contributed by atoms with E-state index in [2.05, 4.69) is 5.10 Å². The van der Waals surface area contributed by atoms with Crippen molar-refractivity contribution in [3.8, 4) is 11.4 Å². The highest BCUT2D eigenvalue weighted by molar-refractivity contribution is 6.30. The standard InChI is InChI=1S/C23H23Cl2N3O2/c24-18-9-5-16(6-10-18)3-1-2-4-21(29)15-27-23(30)28(20-13-14-20)22(26-27)17-7-11-19(25)12-8-17/h5-12,20H,1-4,13-15H2. The van der Waals surface area contributed by atoms with Gasteiger partial charge in [-0.15, -0.1) is 5.10 Å². The lowest BCUT2D eigenvalue weighted by Crippen LogP contribution is -2.27. The molecule has 0 N–H and O–H groups in total. The zero-order chi connectivity index (χ0) is 21.1. The number of carbonyl (C=O) groups is 1. The second kappa shape index (κ2) is 9.19. The van der Waals surface area contributed by atoms with Gasteiger partial charge in [-0.05, 0) is 74.1 Å². The van der Waals surface area contributed by atoms with E-state index in [1.807, 2.05) is 36.4 Å². The van der Waals surface area contributed by atoms with Crippen LogP contribution in [0, 0.1) is 0 Å². The molecule has 2 aromatic carbocycles. The summed E-state index contributed by atoms with van der Waals surface area (Å²) in [6, 6.07) is 15.2. The summed E-state index contributed by atoms with van der Waals surface area (Å²) in [6.07, 6.45) is 4.96. The smallest absolute Gasteiger partial charge is 0.298 e. The first-order valence-electron chi connectivity index (χ1n) is 10.2. The Balaban J connectivity index is 1.38. The molecule has 5 nitrogen and oxygen atoms in total. The molecule has 7 heteroatoms. The third-order valence-corrected chi connectivity index (χ3v) is 5.80. The molecule has 0 amide bonds. The van der Waals surface area contributed by atoms with Gasteiger partial charge in [0.05, 0.1) is 0 Å². The van der Waals surface area contributed by atoms with Crippen LogP contribution in [-0.4, -0.2) is 20.1 Å².